The molecule has 0 saturated carbocycles. The van der Waals surface area contributed by atoms with Crippen molar-refractivity contribution in [3.05, 3.63) is 65.7 Å². The van der Waals surface area contributed by atoms with Crippen LogP contribution in [-0.4, -0.2) is 33.6 Å². The Morgan fingerprint density at radius 2 is 1.59 bits per heavy atom. The summed E-state index contributed by atoms with van der Waals surface area (Å²) in [5.74, 6) is -0.924. The van der Waals surface area contributed by atoms with Gasteiger partial charge in [-0.2, -0.15) is 13.2 Å². The minimum absolute atomic E-state index is 0.0534. The van der Waals surface area contributed by atoms with Gasteiger partial charge in [0.25, 0.3) is 5.91 Å². The van der Waals surface area contributed by atoms with Crippen molar-refractivity contribution in [1.82, 2.24) is 10.0 Å². The van der Waals surface area contributed by atoms with Gasteiger partial charge < -0.3 is 5.32 Å². The Kier molecular flexibility index (Phi) is 6.98. The van der Waals surface area contributed by atoms with Crippen molar-refractivity contribution in [2.75, 3.05) is 13.1 Å². The van der Waals surface area contributed by atoms with Crippen molar-refractivity contribution in [1.29, 1.82) is 0 Å². The van der Waals surface area contributed by atoms with E-state index in [9.17, 15) is 26.4 Å². The molecule has 0 heterocycles. The van der Waals surface area contributed by atoms with Crippen molar-refractivity contribution >= 4 is 15.9 Å². The number of nitrogens with one attached hydrogen (secondary N) is 2. The number of aryl methyl sites for hydroxylation is 1. The van der Waals surface area contributed by atoms with Crippen LogP contribution in [0.3, 0.4) is 0 Å². The summed E-state index contributed by atoms with van der Waals surface area (Å²) in [5.41, 5.74) is 1.05. The highest BCUT2D eigenvalue weighted by atomic mass is 32.2. The van der Waals surface area contributed by atoms with Crippen LogP contribution in [0, 0.1) is 0 Å². The van der Waals surface area contributed by atoms with Crippen LogP contribution in [0.25, 0.3) is 0 Å². The van der Waals surface area contributed by atoms with E-state index in [4.69, 9.17) is 0 Å². The number of carbonyl (C=O) groups is 1. The summed E-state index contributed by atoms with van der Waals surface area (Å²) in [7, 11) is -3.75. The van der Waals surface area contributed by atoms with Gasteiger partial charge in [-0.25, -0.2) is 13.1 Å². The van der Waals surface area contributed by atoms with Gasteiger partial charge in [-0.3, -0.25) is 4.79 Å². The van der Waals surface area contributed by atoms with Crippen molar-refractivity contribution in [3.63, 3.8) is 0 Å². The molecule has 0 aliphatic heterocycles. The van der Waals surface area contributed by atoms with Gasteiger partial charge in [0.05, 0.1) is 4.90 Å². The summed E-state index contributed by atoms with van der Waals surface area (Å²) < 4.78 is 63.2. The second-order valence-electron chi connectivity index (χ2n) is 5.81. The minimum Gasteiger partial charge on any atom is -0.343 e. The molecule has 0 aromatic heterocycles. The first-order valence-corrected chi connectivity index (χ1v) is 9.64. The zero-order valence-corrected chi connectivity index (χ0v) is 15.1. The maximum absolute atomic E-state index is 12.2. The molecule has 0 saturated heterocycles. The molecule has 0 bridgehead atoms. The topological polar surface area (TPSA) is 75.3 Å². The van der Waals surface area contributed by atoms with Crippen LogP contribution < -0.4 is 10.0 Å². The fourth-order valence-corrected chi connectivity index (χ4v) is 3.37. The van der Waals surface area contributed by atoms with Gasteiger partial charge in [-0.05, 0) is 42.7 Å². The fourth-order valence-electron chi connectivity index (χ4n) is 2.30. The first kappa shape index (κ1) is 20.9. The Bertz CT molecular complexity index is 852. The van der Waals surface area contributed by atoms with E-state index in [-0.39, 0.29) is 17.0 Å². The normalized spacial score (nSPS) is 12.0. The summed E-state index contributed by atoms with van der Waals surface area (Å²) in [4.78, 5) is 11.6. The van der Waals surface area contributed by atoms with Crippen LogP contribution >= 0.6 is 0 Å². The molecule has 2 N–H and O–H groups in total. The third-order valence-electron chi connectivity index (χ3n) is 3.65. The molecule has 0 radical (unpaired) electrons. The quantitative estimate of drug-likeness (QED) is 0.669. The van der Waals surface area contributed by atoms with Gasteiger partial charge in [0.1, 0.15) is 6.54 Å². The van der Waals surface area contributed by atoms with Crippen molar-refractivity contribution in [2.45, 2.75) is 23.9 Å². The molecule has 0 aliphatic rings. The van der Waals surface area contributed by atoms with Crippen molar-refractivity contribution in [2.24, 2.45) is 0 Å². The number of halogens is 3. The second-order valence-corrected chi connectivity index (χ2v) is 7.58. The average Bonchev–Trinajstić information content (AvgIpc) is 2.64. The van der Waals surface area contributed by atoms with Crippen LogP contribution in [-0.2, 0) is 16.4 Å². The number of carbonyl (C=O) groups excluding carboxylic acids is 1. The summed E-state index contributed by atoms with van der Waals surface area (Å²) >= 11 is 0. The lowest BCUT2D eigenvalue weighted by molar-refractivity contribution is -0.123. The predicted octanol–water partition coefficient (Wildman–Crippen LogP) is 2.89. The number of sulfonamides is 1. The van der Waals surface area contributed by atoms with E-state index in [2.05, 4.69) is 4.72 Å². The minimum atomic E-state index is -4.51. The zero-order chi connectivity index (χ0) is 19.9. The molecule has 0 aliphatic carbocycles. The first-order chi connectivity index (χ1) is 12.7. The second kappa shape index (κ2) is 9.01. The lowest BCUT2D eigenvalue weighted by Crippen LogP contribution is -2.33. The lowest BCUT2D eigenvalue weighted by atomic mass is 10.1. The summed E-state index contributed by atoms with van der Waals surface area (Å²) in [6, 6.07) is 14.3. The molecular formula is C18H19F3N2O3S. The fraction of sp³-hybridized carbons (Fsp3) is 0.278. The average molecular weight is 400 g/mol. The van der Waals surface area contributed by atoms with E-state index < -0.39 is 28.7 Å². The van der Waals surface area contributed by atoms with E-state index in [0.717, 1.165) is 12.0 Å². The van der Waals surface area contributed by atoms with Gasteiger partial charge in [-0.15, -0.1) is 0 Å². The third-order valence-corrected chi connectivity index (χ3v) is 5.13. The maximum atomic E-state index is 12.2. The van der Waals surface area contributed by atoms with Crippen LogP contribution in [0.4, 0.5) is 13.2 Å². The van der Waals surface area contributed by atoms with Gasteiger partial charge in [0, 0.05) is 12.1 Å². The Hall–Kier alpha value is -2.39. The highest BCUT2D eigenvalue weighted by Gasteiger charge is 2.28. The predicted molar refractivity (Wildman–Crippen MR) is 94.8 cm³/mol. The monoisotopic (exact) mass is 400 g/mol. The van der Waals surface area contributed by atoms with Gasteiger partial charge in [-0.1, -0.05) is 30.3 Å². The Balaban J connectivity index is 1.87. The van der Waals surface area contributed by atoms with Gasteiger partial charge in [0.15, 0.2) is 0 Å². The summed E-state index contributed by atoms with van der Waals surface area (Å²) in [5, 5.41) is 1.73. The van der Waals surface area contributed by atoms with E-state index in [1.807, 2.05) is 30.3 Å². The van der Waals surface area contributed by atoms with Crippen LogP contribution in [0.1, 0.15) is 22.3 Å². The number of benzene rings is 2. The van der Waals surface area contributed by atoms with Gasteiger partial charge in [0.2, 0.25) is 10.0 Å². The number of alkyl halides is 3. The van der Waals surface area contributed by atoms with Crippen LogP contribution in [0.2, 0.25) is 0 Å². The number of hydrogen-bond donors (Lipinski definition) is 2. The lowest BCUT2D eigenvalue weighted by Gasteiger charge is -2.09. The highest BCUT2D eigenvalue weighted by molar-refractivity contribution is 7.89. The molecule has 9 heteroatoms. The maximum Gasteiger partial charge on any atom is 0.405 e. The smallest absolute Gasteiger partial charge is 0.343 e. The Morgan fingerprint density at radius 1 is 0.963 bits per heavy atom. The standard InChI is InChI=1S/C18H19F3N2O3S/c19-18(20,21)13-22-17(24)15-8-10-16(11-9-15)27(25,26)23-12-4-7-14-5-2-1-3-6-14/h1-3,5-6,8-11,23H,4,7,12-13H2,(H,22,24). The molecular weight excluding hydrogens is 381 g/mol. The molecule has 2 aromatic rings. The van der Waals surface area contributed by atoms with Crippen LogP contribution in [0.5, 0.6) is 0 Å². The number of hydrogen-bond acceptors (Lipinski definition) is 3. The van der Waals surface area contributed by atoms with E-state index in [1.54, 1.807) is 5.32 Å². The summed E-state index contributed by atoms with van der Waals surface area (Å²) in [6.07, 6.45) is -3.18. The zero-order valence-electron chi connectivity index (χ0n) is 14.3. The number of amides is 1. The summed E-state index contributed by atoms with van der Waals surface area (Å²) in [6.45, 7) is -1.21. The third kappa shape index (κ3) is 7.03. The molecule has 2 rings (SSSR count). The highest BCUT2D eigenvalue weighted by Crippen LogP contribution is 2.14. The molecule has 0 spiro atoms. The van der Waals surface area contributed by atoms with Gasteiger partial charge >= 0.3 is 6.18 Å². The molecule has 0 unspecified atom stereocenters. The number of rotatable bonds is 8. The largest absolute Gasteiger partial charge is 0.405 e. The van der Waals surface area contributed by atoms with Crippen molar-refractivity contribution in [3.8, 4) is 0 Å². The molecule has 0 fully saturated rings. The molecule has 146 valence electrons. The van der Waals surface area contributed by atoms with E-state index >= 15 is 0 Å². The molecule has 0 atom stereocenters. The molecule has 5 nitrogen and oxygen atoms in total. The van der Waals surface area contributed by atoms with E-state index in [0.29, 0.717) is 6.42 Å². The Morgan fingerprint density at radius 3 is 2.19 bits per heavy atom. The molecule has 1 amide bonds. The SMILES string of the molecule is O=C(NCC(F)(F)F)c1ccc(S(=O)(=O)NCCCc2ccccc2)cc1. The Labute approximate surface area is 155 Å². The first-order valence-electron chi connectivity index (χ1n) is 8.16. The van der Waals surface area contributed by atoms with Crippen molar-refractivity contribution < 1.29 is 26.4 Å². The van der Waals surface area contributed by atoms with E-state index in [1.165, 1.54) is 24.3 Å². The molecule has 2 aromatic carbocycles. The van der Waals surface area contributed by atoms with Crippen LogP contribution in [0.15, 0.2) is 59.5 Å². The molecule has 27 heavy (non-hydrogen) atoms.